The molecule has 2 aromatic carbocycles. The smallest absolute Gasteiger partial charge is 0.450 e. The van der Waals surface area contributed by atoms with Crippen LogP contribution in [0, 0.1) is 11.3 Å². The lowest BCUT2D eigenvalue weighted by Gasteiger charge is -2.15. The first-order valence-corrected chi connectivity index (χ1v) is 12.8. The number of anilines is 1. The number of hydrogen-bond donors (Lipinski definition) is 1. The minimum Gasteiger partial charge on any atom is -0.493 e. The Morgan fingerprint density at radius 1 is 1.12 bits per heavy atom. The van der Waals surface area contributed by atoms with Crippen molar-refractivity contribution in [2.75, 3.05) is 26.1 Å². The summed E-state index contributed by atoms with van der Waals surface area (Å²) < 4.78 is 63.2. The molecule has 8 nitrogen and oxygen atoms in total. The highest BCUT2D eigenvalue weighted by molar-refractivity contribution is 7.16. The molecule has 12 heteroatoms. The predicted molar refractivity (Wildman–Crippen MR) is 141 cm³/mol. The van der Waals surface area contributed by atoms with E-state index in [-0.39, 0.29) is 33.8 Å². The maximum atomic E-state index is 14.1. The molecule has 1 aliphatic carbocycles. The molecule has 0 aliphatic heterocycles. The van der Waals surface area contributed by atoms with Crippen molar-refractivity contribution < 1.29 is 36.6 Å². The van der Waals surface area contributed by atoms with Crippen molar-refractivity contribution in [3.63, 3.8) is 0 Å². The largest absolute Gasteiger partial charge is 0.493 e. The minimum atomic E-state index is -4.99. The van der Waals surface area contributed by atoms with Crippen LogP contribution in [0.2, 0.25) is 0 Å². The molecule has 206 valence electrons. The van der Waals surface area contributed by atoms with E-state index in [1.165, 1.54) is 55.9 Å². The number of methoxy groups -OCH3 is 2. The lowest BCUT2D eigenvalue weighted by molar-refractivity contribution is -0.152. The summed E-state index contributed by atoms with van der Waals surface area (Å²) in [5, 5.41) is 12.5. The Morgan fingerprint density at radius 2 is 1.90 bits per heavy atom. The van der Waals surface area contributed by atoms with Gasteiger partial charge in [-0.05, 0) is 54.7 Å². The van der Waals surface area contributed by atoms with Gasteiger partial charge in [0.2, 0.25) is 11.2 Å². The van der Waals surface area contributed by atoms with E-state index < -0.39 is 35.4 Å². The number of carbonyl (C=O) groups excluding carboxylic acids is 1. The minimum absolute atomic E-state index is 0.0203. The molecule has 0 bridgehead atoms. The molecule has 1 aliphatic rings. The molecular formula is C28H21F3N2O6S. The first-order valence-electron chi connectivity index (χ1n) is 12.0. The number of benzene rings is 2. The average molecular weight is 571 g/mol. The van der Waals surface area contributed by atoms with Crippen LogP contribution in [0.4, 0.5) is 18.2 Å². The van der Waals surface area contributed by atoms with Gasteiger partial charge in [-0.2, -0.15) is 18.4 Å². The lowest BCUT2D eigenvalue weighted by atomic mass is 10.0. The van der Waals surface area contributed by atoms with Gasteiger partial charge in [-0.1, -0.05) is 6.07 Å². The molecule has 0 spiro atoms. The van der Waals surface area contributed by atoms with Crippen molar-refractivity contribution in [2.45, 2.75) is 25.4 Å². The van der Waals surface area contributed by atoms with Crippen LogP contribution < -0.4 is 25.0 Å². The zero-order valence-electron chi connectivity index (χ0n) is 21.2. The summed E-state index contributed by atoms with van der Waals surface area (Å²) in [6.45, 7) is -0.473. The van der Waals surface area contributed by atoms with Crippen LogP contribution in [-0.2, 0) is 23.8 Å². The number of amides is 1. The summed E-state index contributed by atoms with van der Waals surface area (Å²) in [5.41, 5.74) is -0.593. The predicted octanol–water partition coefficient (Wildman–Crippen LogP) is 5.94. The first-order chi connectivity index (χ1) is 19.1. The number of nitriles is 1. The number of halogens is 3. The van der Waals surface area contributed by atoms with E-state index in [1.807, 2.05) is 0 Å². The summed E-state index contributed by atoms with van der Waals surface area (Å²) in [6.07, 6.45) is -2.38. The summed E-state index contributed by atoms with van der Waals surface area (Å²) in [7, 11) is 2.70. The molecular weight excluding hydrogens is 549 g/mol. The van der Waals surface area contributed by atoms with Crippen LogP contribution >= 0.6 is 11.3 Å². The molecule has 2 heterocycles. The quantitative estimate of drug-likeness (QED) is 0.293. The summed E-state index contributed by atoms with van der Waals surface area (Å²) in [5.74, 6) is -1.59. The van der Waals surface area contributed by atoms with Crippen LogP contribution in [0.1, 0.15) is 28.2 Å². The molecule has 0 saturated heterocycles. The summed E-state index contributed by atoms with van der Waals surface area (Å²) >= 11 is 1.35. The molecule has 4 aromatic rings. The topological polar surface area (TPSA) is 111 Å². The molecule has 1 amide bonds. The Bertz CT molecular complexity index is 1740. The monoisotopic (exact) mass is 570 g/mol. The molecule has 0 radical (unpaired) electrons. The number of aryl methyl sites for hydroxylation is 1. The molecule has 0 saturated carbocycles. The zero-order valence-corrected chi connectivity index (χ0v) is 22.0. The van der Waals surface area contributed by atoms with Gasteiger partial charge in [0, 0.05) is 10.9 Å². The van der Waals surface area contributed by atoms with Crippen LogP contribution in [0.5, 0.6) is 17.2 Å². The van der Waals surface area contributed by atoms with E-state index in [9.17, 15) is 28.0 Å². The van der Waals surface area contributed by atoms with Gasteiger partial charge in [-0.25, -0.2) is 0 Å². The van der Waals surface area contributed by atoms with E-state index >= 15 is 0 Å². The Balaban J connectivity index is 1.43. The van der Waals surface area contributed by atoms with Crippen LogP contribution in [0.3, 0.4) is 0 Å². The number of fused-ring (bicyclic) bond motifs is 2. The van der Waals surface area contributed by atoms with Crippen molar-refractivity contribution in [1.82, 2.24) is 0 Å². The Labute approximate surface area is 229 Å². The Kier molecular flexibility index (Phi) is 7.16. The van der Waals surface area contributed by atoms with Gasteiger partial charge in [0.15, 0.2) is 18.1 Å². The molecule has 40 heavy (non-hydrogen) atoms. The number of carbonyl (C=O) groups is 1. The standard InChI is InChI=1S/C28H21F3N2O6S/c1-36-19-9-6-14(10-21(19)37-2)24-25(35)17-8-7-15(11-20(17)39-26(24)28(29,30)31)38-13-23(34)33-27-18(12-32)16-4-3-5-22(16)40-27/h6-11H,3-5,13H2,1-2H3,(H,33,34). The fraction of sp³-hybridized carbons (Fsp3) is 0.250. The highest BCUT2D eigenvalue weighted by atomic mass is 32.1. The van der Waals surface area contributed by atoms with Crippen LogP contribution in [0.25, 0.3) is 22.1 Å². The maximum absolute atomic E-state index is 14.1. The maximum Gasteiger partial charge on any atom is 0.450 e. The van der Waals surface area contributed by atoms with Crippen molar-refractivity contribution >= 4 is 33.2 Å². The number of alkyl halides is 3. The Morgan fingerprint density at radius 3 is 2.60 bits per heavy atom. The number of nitrogens with one attached hydrogen (secondary N) is 1. The number of rotatable bonds is 7. The Hall–Kier alpha value is -4.50. The van der Waals surface area contributed by atoms with Gasteiger partial charge in [0.25, 0.3) is 5.91 Å². The molecule has 2 aromatic heterocycles. The SMILES string of the molecule is COc1ccc(-c2c(C(F)(F)F)oc3cc(OCC(=O)Nc4sc5c(c4C#N)CCC5)ccc3c2=O)cc1OC. The van der Waals surface area contributed by atoms with Crippen molar-refractivity contribution in [3.05, 3.63) is 68.4 Å². The van der Waals surface area contributed by atoms with Crippen LogP contribution in [0.15, 0.2) is 45.6 Å². The van der Waals surface area contributed by atoms with Gasteiger partial charge < -0.3 is 23.9 Å². The number of hydrogen-bond acceptors (Lipinski definition) is 8. The third-order valence-electron chi connectivity index (χ3n) is 6.45. The second-order valence-corrected chi connectivity index (χ2v) is 9.98. The van der Waals surface area contributed by atoms with E-state index in [0.717, 1.165) is 35.8 Å². The normalized spacial score (nSPS) is 12.6. The zero-order chi connectivity index (χ0) is 28.6. The summed E-state index contributed by atoms with van der Waals surface area (Å²) in [4.78, 5) is 26.9. The first kappa shape index (κ1) is 27.1. The molecule has 5 rings (SSSR count). The van der Waals surface area contributed by atoms with E-state index in [4.69, 9.17) is 18.6 Å². The third-order valence-corrected chi connectivity index (χ3v) is 7.66. The van der Waals surface area contributed by atoms with Gasteiger partial charge in [-0.15, -0.1) is 11.3 Å². The van der Waals surface area contributed by atoms with Gasteiger partial charge in [-0.3, -0.25) is 9.59 Å². The fourth-order valence-corrected chi connectivity index (χ4v) is 5.89. The highest BCUT2D eigenvalue weighted by Crippen LogP contribution is 2.41. The third kappa shape index (κ3) is 4.96. The number of thiophene rings is 1. The van der Waals surface area contributed by atoms with Crippen molar-refractivity contribution in [3.8, 4) is 34.4 Å². The average Bonchev–Trinajstić information content (AvgIpc) is 3.51. The van der Waals surface area contributed by atoms with Crippen molar-refractivity contribution in [2.24, 2.45) is 0 Å². The van der Waals surface area contributed by atoms with E-state index in [0.29, 0.717) is 10.6 Å². The highest BCUT2D eigenvalue weighted by Gasteiger charge is 2.39. The summed E-state index contributed by atoms with van der Waals surface area (Å²) in [6, 6.07) is 9.86. The fourth-order valence-electron chi connectivity index (χ4n) is 4.64. The molecule has 1 N–H and O–H groups in total. The van der Waals surface area contributed by atoms with E-state index in [1.54, 1.807) is 0 Å². The molecule has 0 unspecified atom stereocenters. The van der Waals surface area contributed by atoms with Gasteiger partial charge in [0.05, 0.1) is 30.7 Å². The second-order valence-electron chi connectivity index (χ2n) is 8.87. The van der Waals surface area contributed by atoms with Crippen LogP contribution in [-0.4, -0.2) is 26.7 Å². The second kappa shape index (κ2) is 10.6. The lowest BCUT2D eigenvalue weighted by Crippen LogP contribution is -2.20. The molecule has 0 fully saturated rings. The number of ether oxygens (including phenoxy) is 3. The molecule has 0 atom stereocenters. The van der Waals surface area contributed by atoms with Gasteiger partial charge >= 0.3 is 6.18 Å². The number of nitrogens with zero attached hydrogens (tertiary/aromatic N) is 1. The van der Waals surface area contributed by atoms with Crippen molar-refractivity contribution in [1.29, 1.82) is 5.26 Å². The van der Waals surface area contributed by atoms with E-state index in [2.05, 4.69) is 11.4 Å². The van der Waals surface area contributed by atoms with Gasteiger partial charge in [0.1, 0.15) is 22.4 Å².